The maximum absolute atomic E-state index is 4.25. The molecule has 0 saturated heterocycles. The van der Waals surface area contributed by atoms with Crippen LogP contribution in [0, 0.1) is 0 Å². The Morgan fingerprint density at radius 1 is 0.714 bits per heavy atom. The molecule has 0 saturated carbocycles. The van der Waals surface area contributed by atoms with Gasteiger partial charge in [0.05, 0.1) is 5.69 Å². The van der Waals surface area contributed by atoms with Crippen molar-refractivity contribution >= 4 is 24.8 Å². The Labute approximate surface area is 96.0 Å². The van der Waals surface area contributed by atoms with E-state index < -0.39 is 0 Å². The van der Waals surface area contributed by atoms with Crippen LogP contribution in [0.15, 0.2) is 54.7 Å². The van der Waals surface area contributed by atoms with Crippen molar-refractivity contribution in [1.82, 2.24) is 4.98 Å². The summed E-state index contributed by atoms with van der Waals surface area (Å²) in [4.78, 5) is 4.25. The summed E-state index contributed by atoms with van der Waals surface area (Å²) in [6.45, 7) is 0. The van der Waals surface area contributed by atoms with Crippen molar-refractivity contribution in [3.05, 3.63) is 54.7 Å². The van der Waals surface area contributed by atoms with Crippen molar-refractivity contribution in [2.45, 2.75) is 0 Å². The molecule has 0 unspecified atom stereocenters. The van der Waals surface area contributed by atoms with Gasteiger partial charge in [-0.3, -0.25) is 4.98 Å². The molecule has 0 fully saturated rings. The van der Waals surface area contributed by atoms with Crippen molar-refractivity contribution < 1.29 is 0 Å². The minimum atomic E-state index is 0. The molecule has 0 aliphatic carbocycles. The number of hydrogen-bond acceptors (Lipinski definition) is 1. The summed E-state index contributed by atoms with van der Waals surface area (Å²) in [5, 5.41) is 0. The largest absolute Gasteiger partial charge is 0.256 e. The zero-order chi connectivity index (χ0) is 8.23. The molecular weight excluding hydrogens is 217 g/mol. The van der Waals surface area contributed by atoms with E-state index in [1.54, 1.807) is 0 Å². The fraction of sp³-hybridized carbons (Fsp3) is 0. The first kappa shape index (κ1) is 12.9. The molecule has 1 heterocycles. The topological polar surface area (TPSA) is 12.9 Å². The number of nitrogens with zero attached hydrogens (tertiary/aromatic N) is 1. The Morgan fingerprint density at radius 2 is 1.36 bits per heavy atom. The number of hydrogen-bond donors (Lipinski definition) is 0. The Bertz CT molecular complexity index is 311. The van der Waals surface area contributed by atoms with Crippen LogP contribution in [0.3, 0.4) is 0 Å². The van der Waals surface area contributed by atoms with E-state index in [4.69, 9.17) is 0 Å². The summed E-state index contributed by atoms with van der Waals surface area (Å²) in [5.74, 6) is 0. The van der Waals surface area contributed by atoms with Crippen LogP contribution in [-0.2, 0) is 0 Å². The molecule has 0 radical (unpaired) electrons. The molecule has 0 amide bonds. The van der Waals surface area contributed by atoms with E-state index in [0.29, 0.717) is 0 Å². The summed E-state index contributed by atoms with van der Waals surface area (Å²) >= 11 is 0. The molecule has 0 aliphatic rings. The third kappa shape index (κ3) is 3.02. The molecule has 2 aromatic rings. The van der Waals surface area contributed by atoms with Crippen molar-refractivity contribution in [2.75, 3.05) is 0 Å². The van der Waals surface area contributed by atoms with Gasteiger partial charge in [0, 0.05) is 11.8 Å². The minimum absolute atomic E-state index is 0. The standard InChI is InChI=1S/C11H9N.2ClH/c1-2-6-10(7-3-1)11-8-4-5-9-12-11;;/h1-9H;2*1H. The normalized spacial score (nSPS) is 8.29. The zero-order valence-corrected chi connectivity index (χ0v) is 9.09. The van der Waals surface area contributed by atoms with Crippen LogP contribution < -0.4 is 0 Å². The molecule has 0 atom stereocenters. The number of benzene rings is 1. The van der Waals surface area contributed by atoms with Gasteiger partial charge in [-0.2, -0.15) is 0 Å². The first-order chi connectivity index (χ1) is 5.97. The summed E-state index contributed by atoms with van der Waals surface area (Å²) in [5.41, 5.74) is 2.19. The molecule has 1 aromatic heterocycles. The summed E-state index contributed by atoms with van der Waals surface area (Å²) in [7, 11) is 0. The van der Waals surface area contributed by atoms with Gasteiger partial charge in [0.15, 0.2) is 0 Å². The minimum Gasteiger partial charge on any atom is -0.256 e. The Hall–Kier alpha value is -1.05. The fourth-order valence-corrected chi connectivity index (χ4v) is 1.14. The van der Waals surface area contributed by atoms with Crippen LogP contribution >= 0.6 is 24.8 Å². The van der Waals surface area contributed by atoms with Crippen LogP contribution in [0.25, 0.3) is 11.3 Å². The molecule has 0 spiro atoms. The van der Waals surface area contributed by atoms with Gasteiger partial charge in [-0.05, 0) is 12.1 Å². The van der Waals surface area contributed by atoms with E-state index in [1.165, 1.54) is 0 Å². The predicted molar refractivity (Wildman–Crippen MR) is 64.2 cm³/mol. The van der Waals surface area contributed by atoms with Crippen molar-refractivity contribution in [2.24, 2.45) is 0 Å². The van der Waals surface area contributed by atoms with Gasteiger partial charge in [-0.1, -0.05) is 36.4 Å². The van der Waals surface area contributed by atoms with Crippen LogP contribution in [0.5, 0.6) is 0 Å². The third-order valence-electron chi connectivity index (χ3n) is 1.73. The summed E-state index contributed by atoms with van der Waals surface area (Å²) in [6, 6.07) is 16.1. The van der Waals surface area contributed by atoms with Gasteiger partial charge in [0.2, 0.25) is 0 Å². The van der Waals surface area contributed by atoms with Gasteiger partial charge in [0.25, 0.3) is 0 Å². The monoisotopic (exact) mass is 227 g/mol. The number of aromatic nitrogens is 1. The highest BCUT2D eigenvalue weighted by Crippen LogP contribution is 2.14. The molecule has 2 rings (SSSR count). The molecule has 1 aromatic carbocycles. The quantitative estimate of drug-likeness (QED) is 0.726. The highest BCUT2D eigenvalue weighted by molar-refractivity contribution is 5.85. The lowest BCUT2D eigenvalue weighted by atomic mass is 10.1. The van der Waals surface area contributed by atoms with Gasteiger partial charge < -0.3 is 0 Å². The van der Waals surface area contributed by atoms with Crippen molar-refractivity contribution in [1.29, 1.82) is 0 Å². The van der Waals surface area contributed by atoms with E-state index >= 15 is 0 Å². The highest BCUT2D eigenvalue weighted by atomic mass is 35.5. The maximum atomic E-state index is 4.25. The highest BCUT2D eigenvalue weighted by Gasteiger charge is 1.93. The number of pyridine rings is 1. The molecule has 3 heteroatoms. The Morgan fingerprint density at radius 3 is 1.93 bits per heavy atom. The number of halogens is 2. The Kier molecular flexibility index (Phi) is 5.93. The maximum Gasteiger partial charge on any atom is 0.0701 e. The van der Waals surface area contributed by atoms with E-state index in [0.717, 1.165) is 11.3 Å². The second kappa shape index (κ2) is 6.41. The van der Waals surface area contributed by atoms with E-state index in [1.807, 2.05) is 42.6 Å². The van der Waals surface area contributed by atoms with Gasteiger partial charge in [-0.25, -0.2) is 0 Å². The van der Waals surface area contributed by atoms with Gasteiger partial charge in [0.1, 0.15) is 0 Å². The third-order valence-corrected chi connectivity index (χ3v) is 1.73. The van der Waals surface area contributed by atoms with Gasteiger partial charge >= 0.3 is 0 Å². The average Bonchev–Trinajstić information content (AvgIpc) is 2.21. The SMILES string of the molecule is Cl.Cl.c1ccc(-c2ccccn2)cc1. The van der Waals surface area contributed by atoms with Crippen molar-refractivity contribution in [3.8, 4) is 11.3 Å². The van der Waals surface area contributed by atoms with Crippen LogP contribution in [0.1, 0.15) is 0 Å². The van der Waals surface area contributed by atoms with E-state index in [2.05, 4.69) is 17.1 Å². The van der Waals surface area contributed by atoms with Crippen LogP contribution in [0.4, 0.5) is 0 Å². The lowest BCUT2D eigenvalue weighted by Crippen LogP contribution is -1.79. The Balaban J connectivity index is 0.000000845. The van der Waals surface area contributed by atoms with Crippen LogP contribution in [-0.4, -0.2) is 4.98 Å². The molecule has 1 nitrogen and oxygen atoms in total. The first-order valence-corrected chi connectivity index (χ1v) is 3.93. The molecule has 0 N–H and O–H groups in total. The molecular formula is C11H11Cl2N. The van der Waals surface area contributed by atoms with Gasteiger partial charge in [-0.15, -0.1) is 24.8 Å². The van der Waals surface area contributed by atoms with E-state index in [-0.39, 0.29) is 24.8 Å². The molecule has 0 bridgehead atoms. The first-order valence-electron chi connectivity index (χ1n) is 3.93. The summed E-state index contributed by atoms with van der Waals surface area (Å²) < 4.78 is 0. The molecule has 0 aliphatic heterocycles. The van der Waals surface area contributed by atoms with E-state index in [9.17, 15) is 0 Å². The van der Waals surface area contributed by atoms with Crippen molar-refractivity contribution in [3.63, 3.8) is 0 Å². The fourth-order valence-electron chi connectivity index (χ4n) is 1.14. The second-order valence-corrected chi connectivity index (χ2v) is 2.58. The lowest BCUT2D eigenvalue weighted by molar-refractivity contribution is 1.33. The van der Waals surface area contributed by atoms with Crippen LogP contribution in [0.2, 0.25) is 0 Å². The predicted octanol–water partition coefficient (Wildman–Crippen LogP) is 3.59. The smallest absolute Gasteiger partial charge is 0.0701 e. The molecule has 14 heavy (non-hydrogen) atoms. The average molecular weight is 228 g/mol. The second-order valence-electron chi connectivity index (χ2n) is 2.58. The lowest BCUT2D eigenvalue weighted by Gasteiger charge is -1.97. The number of rotatable bonds is 1. The molecule has 74 valence electrons. The zero-order valence-electron chi connectivity index (χ0n) is 7.46. The summed E-state index contributed by atoms with van der Waals surface area (Å²) in [6.07, 6.45) is 1.81.